The topological polar surface area (TPSA) is 143 Å². The van der Waals surface area contributed by atoms with Gasteiger partial charge in [-0.1, -0.05) is 12.1 Å². The van der Waals surface area contributed by atoms with Crippen LogP contribution in [0.15, 0.2) is 30.5 Å². The summed E-state index contributed by atoms with van der Waals surface area (Å²) < 4.78 is 42.4. The number of hydrogen-bond acceptors (Lipinski definition) is 8. The fraction of sp³-hybridized carbons (Fsp3) is 0.538. The Morgan fingerprint density at radius 1 is 0.974 bits per heavy atom. The van der Waals surface area contributed by atoms with Crippen molar-refractivity contribution >= 4 is 44.7 Å². The van der Waals surface area contributed by atoms with Gasteiger partial charge in [-0.05, 0) is 63.5 Å². The number of amides is 1. The number of nitrogens with one attached hydrogen (secondary N) is 4. The fourth-order valence-electron chi connectivity index (χ4n) is 5.68. The molecule has 0 spiro atoms. The number of carbonyl (C=O) groups excluding carboxylic acids is 1. The van der Waals surface area contributed by atoms with Crippen LogP contribution in [-0.4, -0.2) is 58.2 Å². The molecular formula is C26H35FN8O3S. The zero-order valence-electron chi connectivity index (χ0n) is 22.2. The molecule has 5 rings (SSSR count). The number of fused-ring (bicyclic) bond motifs is 1. The molecule has 2 aromatic heterocycles. The van der Waals surface area contributed by atoms with E-state index in [1.165, 1.54) is 19.2 Å². The first-order valence-corrected chi connectivity index (χ1v) is 15.3. The number of rotatable bonds is 8. The van der Waals surface area contributed by atoms with Crippen LogP contribution in [0.2, 0.25) is 0 Å². The number of imidazole rings is 1. The lowest BCUT2D eigenvalue weighted by molar-refractivity contribution is -0.119. The number of anilines is 3. The maximum Gasteiger partial charge on any atom is 0.224 e. The van der Waals surface area contributed by atoms with E-state index in [0.29, 0.717) is 28.7 Å². The van der Waals surface area contributed by atoms with Crippen LogP contribution in [0.1, 0.15) is 64.3 Å². The Morgan fingerprint density at radius 2 is 1.64 bits per heavy atom. The molecule has 2 saturated carbocycles. The van der Waals surface area contributed by atoms with Crippen LogP contribution in [0.3, 0.4) is 0 Å². The minimum Gasteiger partial charge on any atom is -0.354 e. The molecule has 1 amide bonds. The van der Waals surface area contributed by atoms with Gasteiger partial charge in [0.05, 0.1) is 18.1 Å². The van der Waals surface area contributed by atoms with E-state index < -0.39 is 10.0 Å². The van der Waals surface area contributed by atoms with Gasteiger partial charge in [-0.15, -0.1) is 0 Å². The number of halogens is 1. The number of aromatic nitrogens is 4. The summed E-state index contributed by atoms with van der Waals surface area (Å²) in [5.74, 6) is 0.572. The largest absolute Gasteiger partial charge is 0.354 e. The minimum absolute atomic E-state index is 0.0296. The van der Waals surface area contributed by atoms with E-state index in [-0.39, 0.29) is 35.9 Å². The molecule has 2 fully saturated rings. The van der Waals surface area contributed by atoms with Crippen LogP contribution in [-0.2, 0) is 14.8 Å². The molecule has 0 saturated heterocycles. The maximum absolute atomic E-state index is 14.5. The molecule has 13 heteroatoms. The molecule has 210 valence electrons. The second-order valence-electron chi connectivity index (χ2n) is 10.6. The summed E-state index contributed by atoms with van der Waals surface area (Å²) in [6.07, 6.45) is 9.19. The van der Waals surface area contributed by atoms with Crippen molar-refractivity contribution in [1.82, 2.24) is 29.6 Å². The molecule has 0 bridgehead atoms. The molecular weight excluding hydrogens is 523 g/mol. The zero-order valence-corrected chi connectivity index (χ0v) is 23.0. The van der Waals surface area contributed by atoms with Gasteiger partial charge in [0.15, 0.2) is 5.65 Å². The van der Waals surface area contributed by atoms with E-state index in [9.17, 15) is 17.6 Å². The van der Waals surface area contributed by atoms with Gasteiger partial charge >= 0.3 is 0 Å². The standard InChI is InChI=1S/C26H35FN8O3S/c1-16(36)29-17-11-13-20(14-12-17)35-24-23(32-26(35)31-22-6-4-3-5-21(22)27)15-28-25(33-24)30-18-7-9-19(10-8-18)34-39(2,37)38/h3-6,15,17-20,34H,7-14H2,1-2H3,(H,29,36)(H,31,32)(H,28,30,33). The lowest BCUT2D eigenvalue weighted by atomic mass is 9.91. The monoisotopic (exact) mass is 558 g/mol. The summed E-state index contributed by atoms with van der Waals surface area (Å²) in [7, 11) is -3.23. The highest BCUT2D eigenvalue weighted by Gasteiger charge is 2.28. The number of hydrogen-bond donors (Lipinski definition) is 4. The minimum atomic E-state index is -3.23. The highest BCUT2D eigenvalue weighted by atomic mass is 32.2. The van der Waals surface area contributed by atoms with Crippen LogP contribution in [0.25, 0.3) is 11.2 Å². The van der Waals surface area contributed by atoms with E-state index in [0.717, 1.165) is 51.4 Å². The molecule has 4 N–H and O–H groups in total. The van der Waals surface area contributed by atoms with Gasteiger partial charge in [0.1, 0.15) is 11.3 Å². The highest BCUT2D eigenvalue weighted by molar-refractivity contribution is 7.88. The van der Waals surface area contributed by atoms with Crippen molar-refractivity contribution in [3.05, 3.63) is 36.3 Å². The normalized spacial score (nSPS) is 23.9. The Balaban J connectivity index is 1.38. The molecule has 2 aliphatic rings. The summed E-state index contributed by atoms with van der Waals surface area (Å²) in [6.45, 7) is 1.53. The van der Waals surface area contributed by atoms with Gasteiger partial charge in [-0.2, -0.15) is 4.98 Å². The summed E-state index contributed by atoms with van der Waals surface area (Å²) in [4.78, 5) is 25.6. The second kappa shape index (κ2) is 11.4. The van der Waals surface area contributed by atoms with Crippen molar-refractivity contribution < 1.29 is 17.6 Å². The molecule has 3 aromatic rings. The quantitative estimate of drug-likeness (QED) is 0.328. The van der Waals surface area contributed by atoms with Crippen LogP contribution in [0.5, 0.6) is 0 Å². The molecule has 11 nitrogen and oxygen atoms in total. The van der Waals surface area contributed by atoms with Gasteiger partial charge < -0.3 is 16.0 Å². The summed E-state index contributed by atoms with van der Waals surface area (Å²) >= 11 is 0. The molecule has 0 atom stereocenters. The third-order valence-corrected chi connectivity index (χ3v) is 8.22. The highest BCUT2D eigenvalue weighted by Crippen LogP contribution is 2.35. The van der Waals surface area contributed by atoms with Crippen LogP contribution in [0.4, 0.5) is 22.0 Å². The maximum atomic E-state index is 14.5. The first-order valence-electron chi connectivity index (χ1n) is 13.4. The van der Waals surface area contributed by atoms with Gasteiger partial charge in [-0.3, -0.25) is 9.36 Å². The first-order chi connectivity index (χ1) is 18.6. The molecule has 2 aliphatic carbocycles. The lowest BCUT2D eigenvalue weighted by Crippen LogP contribution is -2.39. The molecule has 0 aliphatic heterocycles. The second-order valence-corrected chi connectivity index (χ2v) is 12.4. The van der Waals surface area contributed by atoms with E-state index in [1.807, 2.05) is 4.57 Å². The van der Waals surface area contributed by atoms with Gasteiger partial charge in [0.25, 0.3) is 0 Å². The summed E-state index contributed by atoms with van der Waals surface area (Å²) in [6, 6.07) is 6.74. The number of carbonyl (C=O) groups is 1. The Kier molecular flexibility index (Phi) is 7.98. The molecule has 0 radical (unpaired) electrons. The van der Waals surface area contributed by atoms with Crippen LogP contribution < -0.4 is 20.7 Å². The van der Waals surface area contributed by atoms with Crippen molar-refractivity contribution in [2.24, 2.45) is 0 Å². The Labute approximate surface area is 227 Å². The predicted octanol–water partition coefficient (Wildman–Crippen LogP) is 3.60. The van der Waals surface area contributed by atoms with Crippen molar-refractivity contribution in [2.45, 2.75) is 82.5 Å². The lowest BCUT2D eigenvalue weighted by Gasteiger charge is -2.31. The summed E-state index contributed by atoms with van der Waals surface area (Å²) in [5, 5.41) is 9.59. The number of sulfonamides is 1. The van der Waals surface area contributed by atoms with Crippen molar-refractivity contribution in [3.63, 3.8) is 0 Å². The van der Waals surface area contributed by atoms with Crippen molar-refractivity contribution in [2.75, 3.05) is 16.9 Å². The smallest absolute Gasteiger partial charge is 0.224 e. The van der Waals surface area contributed by atoms with Crippen molar-refractivity contribution in [1.29, 1.82) is 0 Å². The van der Waals surface area contributed by atoms with E-state index in [4.69, 9.17) is 9.97 Å². The average Bonchev–Trinajstić information content (AvgIpc) is 3.23. The van der Waals surface area contributed by atoms with E-state index in [2.05, 4.69) is 25.7 Å². The van der Waals surface area contributed by atoms with E-state index >= 15 is 0 Å². The van der Waals surface area contributed by atoms with Crippen molar-refractivity contribution in [3.8, 4) is 0 Å². The van der Waals surface area contributed by atoms with Crippen LogP contribution >= 0.6 is 0 Å². The Hall–Kier alpha value is -3.32. The first kappa shape index (κ1) is 27.3. The summed E-state index contributed by atoms with van der Waals surface area (Å²) in [5.41, 5.74) is 1.58. The Morgan fingerprint density at radius 3 is 2.31 bits per heavy atom. The third kappa shape index (κ3) is 6.82. The number of benzene rings is 1. The predicted molar refractivity (Wildman–Crippen MR) is 148 cm³/mol. The molecule has 0 unspecified atom stereocenters. The van der Waals surface area contributed by atoms with Gasteiger partial charge in [0.2, 0.25) is 27.8 Å². The molecule has 2 heterocycles. The average molecular weight is 559 g/mol. The molecule has 39 heavy (non-hydrogen) atoms. The zero-order chi connectivity index (χ0) is 27.6. The van der Waals surface area contributed by atoms with Gasteiger partial charge in [-0.25, -0.2) is 27.5 Å². The van der Waals surface area contributed by atoms with E-state index in [1.54, 1.807) is 24.4 Å². The van der Waals surface area contributed by atoms with Crippen LogP contribution in [0, 0.1) is 5.82 Å². The number of para-hydroxylation sites is 1. The molecule has 1 aromatic carbocycles. The number of nitrogens with zero attached hydrogens (tertiary/aromatic N) is 4. The fourth-order valence-corrected chi connectivity index (χ4v) is 6.53. The Bertz CT molecular complexity index is 1430. The van der Waals surface area contributed by atoms with Gasteiger partial charge in [0, 0.05) is 31.1 Å². The SMILES string of the molecule is CC(=O)NC1CCC(n2c(Nc3ccccc3F)nc3cnc(NC4CCC(NS(C)(=O)=O)CC4)nc32)CC1. The third-order valence-electron chi connectivity index (χ3n) is 7.46.